The molecule has 1 saturated heterocycles. The Labute approximate surface area is 99.9 Å². The quantitative estimate of drug-likeness (QED) is 0.643. The summed E-state index contributed by atoms with van der Waals surface area (Å²) in [6.07, 6.45) is 1.02. The van der Waals surface area contributed by atoms with E-state index in [1.165, 1.54) is 0 Å². The van der Waals surface area contributed by atoms with Crippen LogP contribution in [-0.2, 0) is 4.74 Å². The lowest BCUT2D eigenvalue weighted by Crippen LogP contribution is -2.14. The van der Waals surface area contributed by atoms with E-state index in [1.807, 2.05) is 13.0 Å². The van der Waals surface area contributed by atoms with Crippen molar-refractivity contribution in [1.82, 2.24) is 0 Å². The molecule has 2 rings (SSSR count). The van der Waals surface area contributed by atoms with Gasteiger partial charge in [-0.3, -0.25) is 10.1 Å². The molecule has 0 aliphatic carbocycles. The first-order valence-corrected chi connectivity index (χ1v) is 5.73. The minimum atomic E-state index is -0.354. The van der Waals surface area contributed by atoms with Crippen LogP contribution in [0.4, 0.5) is 11.4 Å². The maximum absolute atomic E-state index is 10.9. The Morgan fingerprint density at radius 2 is 2.41 bits per heavy atom. The van der Waals surface area contributed by atoms with Gasteiger partial charge in [0.1, 0.15) is 5.69 Å². The molecular weight excluding hydrogens is 220 g/mol. The Morgan fingerprint density at radius 1 is 1.59 bits per heavy atom. The fraction of sp³-hybridized carbons (Fsp3) is 0.500. The van der Waals surface area contributed by atoms with E-state index in [4.69, 9.17) is 4.74 Å². The van der Waals surface area contributed by atoms with Crippen molar-refractivity contribution in [3.05, 3.63) is 33.9 Å². The highest BCUT2D eigenvalue weighted by Gasteiger charge is 2.18. The molecule has 1 unspecified atom stereocenters. The van der Waals surface area contributed by atoms with Crippen LogP contribution in [0.15, 0.2) is 18.2 Å². The molecule has 1 N–H and O–H groups in total. The number of hydrogen-bond acceptors (Lipinski definition) is 4. The number of nitro groups is 1. The van der Waals surface area contributed by atoms with Crippen LogP contribution in [0.5, 0.6) is 0 Å². The summed E-state index contributed by atoms with van der Waals surface area (Å²) in [6, 6.07) is 5.11. The van der Waals surface area contributed by atoms with Crippen molar-refractivity contribution in [2.24, 2.45) is 5.92 Å². The summed E-state index contributed by atoms with van der Waals surface area (Å²) in [5.74, 6) is 0.454. The van der Waals surface area contributed by atoms with Crippen molar-refractivity contribution in [3.8, 4) is 0 Å². The number of nitro benzene ring substituents is 1. The highest BCUT2D eigenvalue weighted by atomic mass is 16.6. The van der Waals surface area contributed by atoms with E-state index >= 15 is 0 Å². The summed E-state index contributed by atoms with van der Waals surface area (Å²) in [7, 11) is 0. The normalized spacial score (nSPS) is 19.2. The van der Waals surface area contributed by atoms with E-state index in [9.17, 15) is 10.1 Å². The molecule has 0 saturated carbocycles. The molecule has 0 amide bonds. The summed E-state index contributed by atoms with van der Waals surface area (Å²) >= 11 is 0. The number of anilines is 1. The first-order chi connectivity index (χ1) is 8.16. The lowest BCUT2D eigenvalue weighted by Gasteiger charge is -2.11. The van der Waals surface area contributed by atoms with Crippen molar-refractivity contribution in [1.29, 1.82) is 0 Å². The molecule has 0 spiro atoms. The first-order valence-electron chi connectivity index (χ1n) is 5.73. The summed E-state index contributed by atoms with van der Waals surface area (Å²) in [5.41, 5.74) is 1.75. The van der Waals surface area contributed by atoms with Gasteiger partial charge in [0, 0.05) is 25.1 Å². The molecule has 1 fully saturated rings. The van der Waals surface area contributed by atoms with E-state index in [-0.39, 0.29) is 10.6 Å². The minimum Gasteiger partial charge on any atom is -0.381 e. The maximum Gasteiger partial charge on any atom is 0.292 e. The summed E-state index contributed by atoms with van der Waals surface area (Å²) in [4.78, 5) is 10.5. The number of rotatable bonds is 4. The van der Waals surface area contributed by atoms with Gasteiger partial charge in [0.05, 0.1) is 11.5 Å². The van der Waals surface area contributed by atoms with Crippen molar-refractivity contribution in [2.75, 3.05) is 25.1 Å². The third kappa shape index (κ3) is 2.94. The molecule has 0 radical (unpaired) electrons. The lowest BCUT2D eigenvalue weighted by atomic mass is 10.1. The van der Waals surface area contributed by atoms with Gasteiger partial charge in [-0.05, 0) is 25.0 Å². The first kappa shape index (κ1) is 11.9. The summed E-state index contributed by atoms with van der Waals surface area (Å²) in [6.45, 7) is 4.19. The van der Waals surface area contributed by atoms with Gasteiger partial charge < -0.3 is 10.1 Å². The van der Waals surface area contributed by atoms with Crippen LogP contribution >= 0.6 is 0 Å². The third-order valence-electron chi connectivity index (χ3n) is 2.95. The van der Waals surface area contributed by atoms with E-state index in [1.54, 1.807) is 12.1 Å². The van der Waals surface area contributed by atoms with Crippen LogP contribution in [0.25, 0.3) is 0 Å². The number of nitrogens with zero attached hydrogens (tertiary/aromatic N) is 1. The van der Waals surface area contributed by atoms with Gasteiger partial charge in [0.2, 0.25) is 0 Å². The standard InChI is InChI=1S/C12H16N2O3/c1-9-2-3-12(14(15)16)11(6-9)13-7-10-4-5-17-8-10/h2-3,6,10,13H,4-5,7-8H2,1H3. The highest BCUT2D eigenvalue weighted by molar-refractivity contribution is 5.62. The zero-order valence-electron chi connectivity index (χ0n) is 9.81. The third-order valence-corrected chi connectivity index (χ3v) is 2.95. The zero-order chi connectivity index (χ0) is 12.3. The predicted molar refractivity (Wildman–Crippen MR) is 65.2 cm³/mol. The van der Waals surface area contributed by atoms with Gasteiger partial charge in [-0.1, -0.05) is 6.07 Å². The second-order valence-electron chi connectivity index (χ2n) is 4.39. The van der Waals surface area contributed by atoms with E-state index in [0.29, 0.717) is 11.6 Å². The molecule has 5 heteroatoms. The molecule has 92 valence electrons. The zero-order valence-corrected chi connectivity index (χ0v) is 9.81. The topological polar surface area (TPSA) is 64.4 Å². The molecule has 1 atom stereocenters. The molecule has 1 aromatic carbocycles. The van der Waals surface area contributed by atoms with Gasteiger partial charge >= 0.3 is 0 Å². The van der Waals surface area contributed by atoms with Crippen molar-refractivity contribution < 1.29 is 9.66 Å². The van der Waals surface area contributed by atoms with Crippen molar-refractivity contribution in [2.45, 2.75) is 13.3 Å². The van der Waals surface area contributed by atoms with E-state index in [0.717, 1.165) is 31.7 Å². The predicted octanol–water partition coefficient (Wildman–Crippen LogP) is 2.35. The van der Waals surface area contributed by atoms with Crippen molar-refractivity contribution >= 4 is 11.4 Å². The smallest absolute Gasteiger partial charge is 0.292 e. The Morgan fingerprint density at radius 3 is 3.06 bits per heavy atom. The molecule has 1 aliphatic heterocycles. The fourth-order valence-electron chi connectivity index (χ4n) is 1.95. The number of ether oxygens (including phenoxy) is 1. The van der Waals surface area contributed by atoms with E-state index < -0.39 is 0 Å². The molecule has 17 heavy (non-hydrogen) atoms. The van der Waals surface area contributed by atoms with Gasteiger partial charge in [0.15, 0.2) is 0 Å². The maximum atomic E-state index is 10.9. The average molecular weight is 236 g/mol. The minimum absolute atomic E-state index is 0.134. The Kier molecular flexibility index (Phi) is 3.58. The van der Waals surface area contributed by atoms with Crippen LogP contribution in [0, 0.1) is 23.0 Å². The molecule has 0 bridgehead atoms. The second kappa shape index (κ2) is 5.14. The number of benzene rings is 1. The van der Waals surface area contributed by atoms with Crippen molar-refractivity contribution in [3.63, 3.8) is 0 Å². The van der Waals surface area contributed by atoms with Crippen LogP contribution in [0.3, 0.4) is 0 Å². The number of aryl methyl sites for hydroxylation is 1. The monoisotopic (exact) mass is 236 g/mol. The van der Waals surface area contributed by atoms with Gasteiger partial charge in [-0.25, -0.2) is 0 Å². The van der Waals surface area contributed by atoms with Gasteiger partial charge in [-0.15, -0.1) is 0 Å². The molecule has 5 nitrogen and oxygen atoms in total. The largest absolute Gasteiger partial charge is 0.381 e. The van der Waals surface area contributed by atoms with Crippen LogP contribution in [-0.4, -0.2) is 24.7 Å². The fourth-order valence-corrected chi connectivity index (χ4v) is 1.95. The molecule has 1 aliphatic rings. The SMILES string of the molecule is Cc1ccc([N+](=O)[O-])c(NCC2CCOC2)c1. The summed E-state index contributed by atoms with van der Waals surface area (Å²) in [5, 5.41) is 14.0. The number of nitrogens with one attached hydrogen (secondary N) is 1. The Balaban J connectivity index is 2.07. The lowest BCUT2D eigenvalue weighted by molar-refractivity contribution is -0.384. The van der Waals surface area contributed by atoms with Crippen LogP contribution in [0.1, 0.15) is 12.0 Å². The van der Waals surface area contributed by atoms with E-state index in [2.05, 4.69) is 5.32 Å². The van der Waals surface area contributed by atoms with Crippen LogP contribution < -0.4 is 5.32 Å². The van der Waals surface area contributed by atoms with Crippen LogP contribution in [0.2, 0.25) is 0 Å². The molecular formula is C12H16N2O3. The number of hydrogen-bond donors (Lipinski definition) is 1. The second-order valence-corrected chi connectivity index (χ2v) is 4.39. The Bertz CT molecular complexity index is 414. The average Bonchev–Trinajstić information content (AvgIpc) is 2.78. The molecule has 1 aromatic rings. The Hall–Kier alpha value is -1.62. The van der Waals surface area contributed by atoms with Gasteiger partial charge in [0.25, 0.3) is 5.69 Å². The molecule has 0 aromatic heterocycles. The highest BCUT2D eigenvalue weighted by Crippen LogP contribution is 2.26. The van der Waals surface area contributed by atoms with Gasteiger partial charge in [-0.2, -0.15) is 0 Å². The summed E-state index contributed by atoms with van der Waals surface area (Å²) < 4.78 is 5.27. The molecule has 1 heterocycles.